The van der Waals surface area contributed by atoms with Gasteiger partial charge in [0.1, 0.15) is 0 Å². The van der Waals surface area contributed by atoms with E-state index in [1.807, 2.05) is 24.3 Å². The smallest absolute Gasteiger partial charge is 0.244 e. The van der Waals surface area contributed by atoms with Crippen molar-refractivity contribution in [2.75, 3.05) is 18.8 Å². The Morgan fingerprint density at radius 3 is 2.67 bits per heavy atom. The van der Waals surface area contributed by atoms with Crippen molar-refractivity contribution in [3.05, 3.63) is 35.4 Å². The number of carbonyl (C=O) groups is 1. The topological polar surface area (TPSA) is 78.8 Å². The highest BCUT2D eigenvalue weighted by Crippen LogP contribution is 2.19. The van der Waals surface area contributed by atoms with E-state index in [2.05, 4.69) is 17.5 Å². The van der Waals surface area contributed by atoms with E-state index in [9.17, 15) is 13.2 Å². The second-order valence-corrected chi connectivity index (χ2v) is 8.18. The third kappa shape index (κ3) is 4.88. The molecule has 1 heterocycles. The average molecular weight is 351 g/mol. The molecule has 0 saturated carbocycles. The number of benzene rings is 1. The highest BCUT2D eigenvalue weighted by molar-refractivity contribution is 7.89. The number of rotatable bonds is 6. The van der Waals surface area contributed by atoms with Crippen LogP contribution >= 0.6 is 0 Å². The van der Waals surface area contributed by atoms with E-state index in [0.29, 0.717) is 19.4 Å². The van der Waals surface area contributed by atoms with Gasteiger partial charge in [-0.3, -0.25) is 4.79 Å². The Morgan fingerprint density at radius 2 is 2.04 bits per heavy atom. The van der Waals surface area contributed by atoms with E-state index in [1.165, 1.54) is 9.87 Å². The summed E-state index contributed by atoms with van der Waals surface area (Å²) in [7, 11) is -3.24. The van der Waals surface area contributed by atoms with Gasteiger partial charge in [-0.1, -0.05) is 31.2 Å². The lowest BCUT2D eigenvalue weighted by molar-refractivity contribution is -0.126. The molecule has 6 nitrogen and oxygen atoms in total. The molecule has 1 fully saturated rings. The molecule has 7 heteroatoms. The van der Waals surface area contributed by atoms with Gasteiger partial charge in [-0.15, -0.1) is 0 Å². The Morgan fingerprint density at radius 1 is 1.33 bits per heavy atom. The highest BCUT2D eigenvalue weighted by atomic mass is 32.2. The number of amides is 1. The normalized spacial score (nSPS) is 19.5. The van der Waals surface area contributed by atoms with Crippen molar-refractivity contribution in [1.82, 2.24) is 9.73 Å². The molecule has 1 aromatic rings. The molecule has 0 bridgehead atoms. The van der Waals surface area contributed by atoms with Crippen LogP contribution in [0.15, 0.2) is 29.4 Å². The van der Waals surface area contributed by atoms with Gasteiger partial charge in [0, 0.05) is 13.1 Å². The Bertz CT molecular complexity index is 684. The Labute approximate surface area is 144 Å². The van der Waals surface area contributed by atoms with Crippen LogP contribution in [-0.2, 0) is 21.2 Å². The Kier molecular flexibility index (Phi) is 6.51. The van der Waals surface area contributed by atoms with Gasteiger partial charge in [0.15, 0.2) is 0 Å². The minimum atomic E-state index is -3.24. The summed E-state index contributed by atoms with van der Waals surface area (Å²) in [5.41, 5.74) is 4.68. The van der Waals surface area contributed by atoms with Crippen LogP contribution < -0.4 is 5.43 Å². The van der Waals surface area contributed by atoms with Gasteiger partial charge in [0.2, 0.25) is 15.9 Å². The standard InChI is InChI=1S/C17H25N3O3S/c1-3-14-7-9-15(10-8-14)12-18-19-17(21)16-6-5-11-20(13-16)24(22,23)4-2/h7-10,12,16H,3-6,11,13H2,1-2H3,(H,19,21)/b18-12+. The van der Waals surface area contributed by atoms with Crippen LogP contribution in [0.25, 0.3) is 0 Å². The molecule has 0 spiro atoms. The molecular weight excluding hydrogens is 326 g/mol. The van der Waals surface area contributed by atoms with Crippen LogP contribution in [-0.4, -0.2) is 43.7 Å². The number of hydrogen-bond acceptors (Lipinski definition) is 4. The summed E-state index contributed by atoms with van der Waals surface area (Å²) < 4.78 is 25.3. The number of nitrogens with zero attached hydrogens (tertiary/aromatic N) is 2. The number of piperidine rings is 1. The van der Waals surface area contributed by atoms with Crippen LogP contribution in [0.5, 0.6) is 0 Å². The molecule has 1 unspecified atom stereocenters. The van der Waals surface area contributed by atoms with Crippen molar-refractivity contribution in [3.63, 3.8) is 0 Å². The molecule has 2 rings (SSSR count). The fourth-order valence-corrected chi connectivity index (χ4v) is 3.87. The predicted molar refractivity (Wildman–Crippen MR) is 95.3 cm³/mol. The third-order valence-electron chi connectivity index (χ3n) is 4.29. The van der Waals surface area contributed by atoms with Crippen LogP contribution in [0.4, 0.5) is 0 Å². The molecule has 24 heavy (non-hydrogen) atoms. The van der Waals surface area contributed by atoms with E-state index < -0.39 is 10.0 Å². The maximum Gasteiger partial charge on any atom is 0.244 e. The monoisotopic (exact) mass is 351 g/mol. The predicted octanol–water partition coefficient (Wildman–Crippen LogP) is 1.76. The molecule has 1 aromatic carbocycles. The van der Waals surface area contributed by atoms with Crippen LogP contribution in [0, 0.1) is 5.92 Å². The van der Waals surface area contributed by atoms with Crippen molar-refractivity contribution in [3.8, 4) is 0 Å². The van der Waals surface area contributed by atoms with E-state index in [0.717, 1.165) is 12.0 Å². The van der Waals surface area contributed by atoms with Gasteiger partial charge in [-0.2, -0.15) is 5.10 Å². The highest BCUT2D eigenvalue weighted by Gasteiger charge is 2.31. The van der Waals surface area contributed by atoms with Crippen LogP contribution in [0.3, 0.4) is 0 Å². The molecule has 1 N–H and O–H groups in total. The Hall–Kier alpha value is -1.73. The second kappa shape index (κ2) is 8.39. The summed E-state index contributed by atoms with van der Waals surface area (Å²) in [5.74, 6) is -0.514. The summed E-state index contributed by atoms with van der Waals surface area (Å²) in [6.07, 6.45) is 3.95. The largest absolute Gasteiger partial charge is 0.273 e. The maximum absolute atomic E-state index is 12.2. The van der Waals surface area contributed by atoms with Gasteiger partial charge < -0.3 is 0 Å². The molecule has 1 saturated heterocycles. The van der Waals surface area contributed by atoms with Gasteiger partial charge in [-0.25, -0.2) is 18.1 Å². The molecular formula is C17H25N3O3S. The molecule has 1 aliphatic heterocycles. The number of sulfonamides is 1. The summed E-state index contributed by atoms with van der Waals surface area (Å²) in [5, 5.41) is 3.99. The van der Waals surface area contributed by atoms with Gasteiger partial charge in [-0.05, 0) is 37.3 Å². The molecule has 1 aliphatic rings. The summed E-state index contributed by atoms with van der Waals surface area (Å²) >= 11 is 0. The van der Waals surface area contributed by atoms with Crippen molar-refractivity contribution in [2.45, 2.75) is 33.1 Å². The quantitative estimate of drug-likeness (QED) is 0.626. The second-order valence-electron chi connectivity index (χ2n) is 5.93. The first-order valence-corrected chi connectivity index (χ1v) is 9.97. The first-order chi connectivity index (χ1) is 11.5. The molecule has 0 radical (unpaired) electrons. The van der Waals surface area contributed by atoms with Crippen molar-refractivity contribution in [2.24, 2.45) is 11.0 Å². The maximum atomic E-state index is 12.2. The molecule has 132 valence electrons. The van der Waals surface area contributed by atoms with Crippen molar-refractivity contribution in [1.29, 1.82) is 0 Å². The average Bonchev–Trinajstić information content (AvgIpc) is 2.62. The van der Waals surface area contributed by atoms with Crippen molar-refractivity contribution < 1.29 is 13.2 Å². The zero-order valence-corrected chi connectivity index (χ0v) is 15.1. The minimum absolute atomic E-state index is 0.0627. The lowest BCUT2D eigenvalue weighted by Gasteiger charge is -2.30. The van der Waals surface area contributed by atoms with Crippen LogP contribution in [0.2, 0.25) is 0 Å². The number of hydrogen-bond donors (Lipinski definition) is 1. The van der Waals surface area contributed by atoms with Gasteiger partial charge >= 0.3 is 0 Å². The Balaban J connectivity index is 1.90. The van der Waals surface area contributed by atoms with Gasteiger partial charge in [0.05, 0.1) is 17.9 Å². The fourth-order valence-electron chi connectivity index (χ4n) is 2.69. The van der Waals surface area contributed by atoms with Gasteiger partial charge in [0.25, 0.3) is 0 Å². The number of hydrazone groups is 1. The molecule has 0 aliphatic carbocycles. The summed E-state index contributed by atoms with van der Waals surface area (Å²) in [4.78, 5) is 12.2. The molecule has 0 aromatic heterocycles. The first-order valence-electron chi connectivity index (χ1n) is 8.36. The zero-order valence-electron chi connectivity index (χ0n) is 14.2. The lowest BCUT2D eigenvalue weighted by Crippen LogP contribution is -2.45. The molecule has 1 atom stereocenters. The SMILES string of the molecule is CCc1ccc(/C=N/NC(=O)C2CCCN(S(=O)(=O)CC)C2)cc1. The number of carbonyl (C=O) groups excluding carboxylic acids is 1. The van der Waals surface area contributed by atoms with Crippen molar-refractivity contribution >= 4 is 22.1 Å². The summed E-state index contributed by atoms with van der Waals surface area (Å²) in [6.45, 7) is 4.44. The summed E-state index contributed by atoms with van der Waals surface area (Å²) in [6, 6.07) is 7.95. The fraction of sp³-hybridized carbons (Fsp3) is 0.529. The zero-order chi connectivity index (χ0) is 17.6. The number of nitrogens with one attached hydrogen (secondary N) is 1. The molecule has 1 amide bonds. The first kappa shape index (κ1) is 18.6. The number of aryl methyl sites for hydroxylation is 1. The van der Waals surface area contributed by atoms with E-state index >= 15 is 0 Å². The van der Waals surface area contributed by atoms with Crippen LogP contribution in [0.1, 0.15) is 37.8 Å². The lowest BCUT2D eigenvalue weighted by atomic mass is 9.99. The third-order valence-corrected chi connectivity index (χ3v) is 6.14. The van der Waals surface area contributed by atoms with E-state index in [-0.39, 0.29) is 24.1 Å². The van der Waals surface area contributed by atoms with E-state index in [1.54, 1.807) is 13.1 Å². The minimum Gasteiger partial charge on any atom is -0.273 e. The van der Waals surface area contributed by atoms with E-state index in [4.69, 9.17) is 0 Å².